The number of hydrogen-bond acceptors (Lipinski definition) is 3. The molecular weight excluding hydrogens is 252 g/mol. The lowest BCUT2D eigenvalue weighted by molar-refractivity contribution is 0.116. The fourth-order valence-electron chi connectivity index (χ4n) is 4.42. The molecule has 4 atom stereocenters. The van der Waals surface area contributed by atoms with Crippen LogP contribution in [0.5, 0.6) is 0 Å². The lowest BCUT2D eigenvalue weighted by Gasteiger charge is -2.40. The minimum atomic E-state index is 0.377. The predicted molar refractivity (Wildman–Crippen MR) is 81.4 cm³/mol. The van der Waals surface area contributed by atoms with E-state index >= 15 is 0 Å². The van der Waals surface area contributed by atoms with Crippen LogP contribution in [0.2, 0.25) is 0 Å². The first kappa shape index (κ1) is 13.6. The van der Waals surface area contributed by atoms with E-state index in [-0.39, 0.29) is 0 Å². The molecule has 2 nitrogen and oxygen atoms in total. The molecule has 3 rings (SSSR count). The highest BCUT2D eigenvalue weighted by molar-refractivity contribution is 7.09. The summed E-state index contributed by atoms with van der Waals surface area (Å²) in [7, 11) is 0. The van der Waals surface area contributed by atoms with Gasteiger partial charge in [-0.3, -0.25) is 0 Å². The van der Waals surface area contributed by atoms with E-state index in [0.29, 0.717) is 22.9 Å². The van der Waals surface area contributed by atoms with Crippen LogP contribution in [0, 0.1) is 23.7 Å². The third kappa shape index (κ3) is 1.89. The summed E-state index contributed by atoms with van der Waals surface area (Å²) in [6.07, 6.45) is 4.15. The highest BCUT2D eigenvalue weighted by Gasteiger charge is 2.61. The number of aryl methyl sites for hydroxylation is 1. The van der Waals surface area contributed by atoms with E-state index in [2.05, 4.69) is 50.3 Å². The van der Waals surface area contributed by atoms with Gasteiger partial charge in [0.2, 0.25) is 0 Å². The summed E-state index contributed by atoms with van der Waals surface area (Å²) in [5.41, 5.74) is 2.16. The van der Waals surface area contributed by atoms with Gasteiger partial charge in [-0.2, -0.15) is 0 Å². The zero-order chi connectivity index (χ0) is 13.8. The van der Waals surface area contributed by atoms with Crippen molar-refractivity contribution in [2.45, 2.75) is 66.0 Å². The fraction of sp³-hybridized carbons (Fsp3) is 0.812. The Balaban J connectivity index is 1.75. The van der Waals surface area contributed by atoms with Gasteiger partial charge in [-0.05, 0) is 49.9 Å². The van der Waals surface area contributed by atoms with E-state index < -0.39 is 0 Å². The van der Waals surface area contributed by atoms with E-state index in [9.17, 15) is 0 Å². The summed E-state index contributed by atoms with van der Waals surface area (Å²) in [4.78, 5) is 4.63. The fourth-order valence-corrected chi connectivity index (χ4v) is 5.13. The molecule has 2 saturated carbocycles. The molecule has 2 fully saturated rings. The first-order valence-electron chi connectivity index (χ1n) is 7.52. The first-order valence-corrected chi connectivity index (χ1v) is 8.40. The Kier molecular flexibility index (Phi) is 3.06. The Morgan fingerprint density at radius 2 is 2.16 bits per heavy atom. The Morgan fingerprint density at radius 3 is 2.63 bits per heavy atom. The number of hydrogen-bond donors (Lipinski definition) is 1. The van der Waals surface area contributed by atoms with E-state index in [1.807, 2.05) is 0 Å². The second-order valence-electron chi connectivity index (χ2n) is 7.34. The summed E-state index contributed by atoms with van der Waals surface area (Å²) < 4.78 is 0. The number of aromatic nitrogens is 1. The van der Waals surface area contributed by atoms with Crippen molar-refractivity contribution in [2.75, 3.05) is 0 Å². The second kappa shape index (κ2) is 4.29. The summed E-state index contributed by atoms with van der Waals surface area (Å²) >= 11 is 1.75. The zero-order valence-electron chi connectivity index (χ0n) is 12.8. The Morgan fingerprint density at radius 1 is 1.42 bits per heavy atom. The number of fused-ring (bicyclic) bond motifs is 2. The third-order valence-corrected chi connectivity index (χ3v) is 7.12. The van der Waals surface area contributed by atoms with Crippen LogP contribution in [0.25, 0.3) is 0 Å². The lowest BCUT2D eigenvalue weighted by Crippen LogP contribution is -2.45. The maximum absolute atomic E-state index is 4.63. The van der Waals surface area contributed by atoms with Crippen LogP contribution in [0.4, 0.5) is 0 Å². The van der Waals surface area contributed by atoms with Gasteiger partial charge in [0.05, 0.1) is 10.7 Å². The first-order chi connectivity index (χ1) is 8.84. The van der Waals surface area contributed by atoms with Crippen LogP contribution in [-0.4, -0.2) is 11.0 Å². The number of thiazole rings is 1. The normalized spacial score (nSPS) is 37.7. The van der Waals surface area contributed by atoms with E-state index in [1.54, 1.807) is 11.3 Å². The van der Waals surface area contributed by atoms with Gasteiger partial charge < -0.3 is 5.32 Å². The SMILES string of the molecule is Cc1nc(C(C)NC2CC3CCC2(C)C3(C)C)cs1. The lowest BCUT2D eigenvalue weighted by atomic mass is 9.69. The topological polar surface area (TPSA) is 24.9 Å². The molecule has 106 valence electrons. The monoisotopic (exact) mass is 278 g/mol. The van der Waals surface area contributed by atoms with Crippen LogP contribution in [0.1, 0.15) is 63.7 Å². The molecule has 4 unspecified atom stereocenters. The number of nitrogens with zero attached hydrogens (tertiary/aromatic N) is 1. The Labute approximate surface area is 121 Å². The highest BCUT2D eigenvalue weighted by atomic mass is 32.1. The molecule has 0 aliphatic heterocycles. The Bertz CT molecular complexity index is 479. The van der Waals surface area contributed by atoms with Crippen molar-refractivity contribution in [1.82, 2.24) is 10.3 Å². The average Bonchev–Trinajstić information content (AvgIpc) is 2.91. The van der Waals surface area contributed by atoms with Gasteiger partial charge in [-0.25, -0.2) is 4.98 Å². The predicted octanol–water partition coefficient (Wildman–Crippen LogP) is 4.32. The molecule has 2 aliphatic carbocycles. The molecule has 1 aromatic heterocycles. The minimum Gasteiger partial charge on any atom is -0.305 e. The molecule has 1 heterocycles. The van der Waals surface area contributed by atoms with Gasteiger partial charge >= 0.3 is 0 Å². The number of rotatable bonds is 3. The minimum absolute atomic E-state index is 0.377. The van der Waals surface area contributed by atoms with Gasteiger partial charge in [0, 0.05) is 17.5 Å². The number of nitrogens with one attached hydrogen (secondary N) is 1. The van der Waals surface area contributed by atoms with Crippen LogP contribution >= 0.6 is 11.3 Å². The van der Waals surface area contributed by atoms with Gasteiger partial charge in [-0.15, -0.1) is 11.3 Å². The molecule has 2 bridgehead atoms. The summed E-state index contributed by atoms with van der Waals surface area (Å²) in [5, 5.41) is 7.25. The molecular formula is C16H26N2S. The van der Waals surface area contributed by atoms with E-state index in [1.165, 1.54) is 30.0 Å². The van der Waals surface area contributed by atoms with Crippen molar-refractivity contribution in [3.05, 3.63) is 16.1 Å². The molecule has 0 amide bonds. The molecule has 1 N–H and O–H groups in total. The van der Waals surface area contributed by atoms with Crippen molar-refractivity contribution >= 4 is 11.3 Å². The maximum Gasteiger partial charge on any atom is 0.0898 e. The van der Waals surface area contributed by atoms with Crippen molar-refractivity contribution < 1.29 is 0 Å². The molecule has 0 saturated heterocycles. The van der Waals surface area contributed by atoms with Crippen molar-refractivity contribution in [3.63, 3.8) is 0 Å². The van der Waals surface area contributed by atoms with Crippen molar-refractivity contribution in [2.24, 2.45) is 16.7 Å². The molecule has 3 heteroatoms. The maximum atomic E-state index is 4.63. The summed E-state index contributed by atoms with van der Waals surface area (Å²) in [6.45, 7) is 11.8. The second-order valence-corrected chi connectivity index (χ2v) is 8.41. The van der Waals surface area contributed by atoms with Gasteiger partial charge in [0.15, 0.2) is 0 Å². The molecule has 2 aliphatic rings. The Hall–Kier alpha value is -0.410. The van der Waals surface area contributed by atoms with Gasteiger partial charge in [-0.1, -0.05) is 20.8 Å². The van der Waals surface area contributed by atoms with Crippen molar-refractivity contribution in [1.29, 1.82) is 0 Å². The van der Waals surface area contributed by atoms with Crippen LogP contribution in [0.15, 0.2) is 5.38 Å². The van der Waals surface area contributed by atoms with Gasteiger partial charge in [0.25, 0.3) is 0 Å². The standard InChI is InChI=1S/C16H26N2S/c1-10(13-9-19-11(2)18-13)17-14-8-12-6-7-16(14,5)15(12,3)4/h9-10,12,14,17H,6-8H2,1-5H3. The van der Waals surface area contributed by atoms with Crippen LogP contribution in [-0.2, 0) is 0 Å². The summed E-state index contributed by atoms with van der Waals surface area (Å²) in [6, 6.07) is 1.03. The zero-order valence-corrected chi connectivity index (χ0v) is 13.6. The molecule has 0 spiro atoms. The van der Waals surface area contributed by atoms with Crippen molar-refractivity contribution in [3.8, 4) is 0 Å². The molecule has 19 heavy (non-hydrogen) atoms. The molecule has 0 radical (unpaired) electrons. The summed E-state index contributed by atoms with van der Waals surface area (Å²) in [5.74, 6) is 0.902. The third-order valence-electron chi connectivity index (χ3n) is 6.33. The van der Waals surface area contributed by atoms with Gasteiger partial charge in [0.1, 0.15) is 0 Å². The molecule has 1 aromatic rings. The smallest absolute Gasteiger partial charge is 0.0898 e. The van der Waals surface area contributed by atoms with Crippen LogP contribution in [0.3, 0.4) is 0 Å². The van der Waals surface area contributed by atoms with E-state index in [4.69, 9.17) is 0 Å². The van der Waals surface area contributed by atoms with Crippen LogP contribution < -0.4 is 5.32 Å². The molecule has 0 aromatic carbocycles. The largest absolute Gasteiger partial charge is 0.305 e. The average molecular weight is 278 g/mol. The van der Waals surface area contributed by atoms with E-state index in [0.717, 1.165) is 5.92 Å². The highest BCUT2D eigenvalue weighted by Crippen LogP contribution is 2.65. The quantitative estimate of drug-likeness (QED) is 0.891.